The first-order valence-corrected chi connectivity index (χ1v) is 6.97. The predicted octanol–water partition coefficient (Wildman–Crippen LogP) is 2.05. The fourth-order valence-electron chi connectivity index (χ4n) is 1.76. The maximum Gasteiger partial charge on any atom is 0.407 e. The molecule has 0 fully saturated rings. The van der Waals surface area contributed by atoms with Gasteiger partial charge in [-0.15, -0.1) is 0 Å². The fraction of sp³-hybridized carbons (Fsp3) is 0.267. The normalized spacial score (nSPS) is 10.0. The minimum atomic E-state index is -0.487. The van der Waals surface area contributed by atoms with E-state index < -0.39 is 6.09 Å². The van der Waals surface area contributed by atoms with Crippen LogP contribution >= 0.6 is 0 Å². The van der Waals surface area contributed by atoms with Gasteiger partial charge < -0.3 is 15.4 Å². The minimum Gasteiger partial charge on any atom is -0.445 e. The van der Waals surface area contributed by atoms with Gasteiger partial charge in [0.05, 0.1) is 11.9 Å². The van der Waals surface area contributed by atoms with Crippen LogP contribution in [0.25, 0.3) is 0 Å². The molecular formula is C15H18N4O3. The number of aromatic nitrogens is 2. The maximum atomic E-state index is 11.6. The van der Waals surface area contributed by atoms with E-state index in [1.807, 2.05) is 30.3 Å². The number of nitrogens with one attached hydrogen (secondary N) is 3. The van der Waals surface area contributed by atoms with Crippen molar-refractivity contribution >= 4 is 17.7 Å². The number of carbonyl (C=O) groups is 2. The van der Waals surface area contributed by atoms with Crippen LogP contribution in [0.5, 0.6) is 0 Å². The number of alkyl carbamates (subject to hydrolysis) is 1. The van der Waals surface area contributed by atoms with E-state index in [2.05, 4.69) is 20.8 Å². The first-order valence-electron chi connectivity index (χ1n) is 6.97. The summed E-state index contributed by atoms with van der Waals surface area (Å²) in [5, 5.41) is 11.6. The second-order valence-corrected chi connectivity index (χ2v) is 4.63. The van der Waals surface area contributed by atoms with Crippen molar-refractivity contribution in [2.24, 2.45) is 0 Å². The van der Waals surface area contributed by atoms with Gasteiger partial charge in [-0.05, 0) is 12.0 Å². The SMILES string of the molecule is O=C(CCCNC(=O)OCc1ccccc1)Nc1cn[nH]c1. The Balaban J connectivity index is 1.54. The van der Waals surface area contributed by atoms with E-state index in [4.69, 9.17) is 4.74 Å². The van der Waals surface area contributed by atoms with Crippen molar-refractivity contribution in [3.8, 4) is 0 Å². The van der Waals surface area contributed by atoms with E-state index in [1.165, 1.54) is 6.20 Å². The molecule has 0 aliphatic heterocycles. The minimum absolute atomic E-state index is 0.124. The van der Waals surface area contributed by atoms with Crippen molar-refractivity contribution in [3.63, 3.8) is 0 Å². The van der Waals surface area contributed by atoms with Gasteiger partial charge >= 0.3 is 6.09 Å². The number of hydrogen-bond donors (Lipinski definition) is 3. The predicted molar refractivity (Wildman–Crippen MR) is 81.1 cm³/mol. The standard InChI is InChI=1S/C15H18N4O3/c20-14(19-13-9-17-18-10-13)7-4-8-16-15(21)22-11-12-5-2-1-3-6-12/h1-3,5-6,9-10H,4,7-8,11H2,(H,16,21)(H,17,18)(H,19,20). The van der Waals surface area contributed by atoms with Gasteiger partial charge in [0.15, 0.2) is 0 Å². The zero-order valence-electron chi connectivity index (χ0n) is 12.0. The summed E-state index contributed by atoms with van der Waals surface area (Å²) in [7, 11) is 0. The van der Waals surface area contributed by atoms with Crippen molar-refractivity contribution in [2.45, 2.75) is 19.4 Å². The van der Waals surface area contributed by atoms with Gasteiger partial charge in [-0.1, -0.05) is 30.3 Å². The molecule has 0 unspecified atom stereocenters. The summed E-state index contributed by atoms with van der Waals surface area (Å²) in [4.78, 5) is 23.0. The van der Waals surface area contributed by atoms with Crippen molar-refractivity contribution < 1.29 is 14.3 Å². The lowest BCUT2D eigenvalue weighted by Gasteiger charge is -2.07. The van der Waals surface area contributed by atoms with Gasteiger partial charge in [0.25, 0.3) is 0 Å². The molecule has 7 nitrogen and oxygen atoms in total. The molecule has 116 valence electrons. The Morgan fingerprint density at radius 1 is 1.23 bits per heavy atom. The number of nitrogens with zero attached hydrogens (tertiary/aromatic N) is 1. The van der Waals surface area contributed by atoms with E-state index in [-0.39, 0.29) is 12.5 Å². The molecule has 1 heterocycles. The summed E-state index contributed by atoms with van der Waals surface area (Å²) < 4.78 is 5.06. The summed E-state index contributed by atoms with van der Waals surface area (Å²) in [5.41, 5.74) is 1.55. The van der Waals surface area contributed by atoms with Crippen molar-refractivity contribution in [3.05, 3.63) is 48.3 Å². The van der Waals surface area contributed by atoms with Crippen LogP contribution in [0.4, 0.5) is 10.5 Å². The highest BCUT2D eigenvalue weighted by Crippen LogP contribution is 2.03. The molecule has 2 rings (SSSR count). The summed E-state index contributed by atoms with van der Waals surface area (Å²) in [6.45, 7) is 0.611. The topological polar surface area (TPSA) is 96.1 Å². The summed E-state index contributed by atoms with van der Waals surface area (Å²) in [6, 6.07) is 9.43. The zero-order chi connectivity index (χ0) is 15.6. The summed E-state index contributed by atoms with van der Waals surface area (Å²) >= 11 is 0. The van der Waals surface area contributed by atoms with E-state index in [0.717, 1.165) is 5.56 Å². The summed E-state index contributed by atoms with van der Waals surface area (Å²) in [6.07, 6.45) is 3.47. The van der Waals surface area contributed by atoms with Gasteiger partial charge in [0.1, 0.15) is 6.61 Å². The number of amides is 2. The molecule has 1 aromatic heterocycles. The summed E-state index contributed by atoms with van der Waals surface area (Å²) in [5.74, 6) is -0.124. The van der Waals surface area contributed by atoms with Gasteiger partial charge in [-0.3, -0.25) is 9.89 Å². The first-order chi connectivity index (χ1) is 10.7. The number of anilines is 1. The number of benzene rings is 1. The Hall–Kier alpha value is -2.83. The molecule has 7 heteroatoms. The molecule has 2 amide bonds. The van der Waals surface area contributed by atoms with Crippen LogP contribution in [0.3, 0.4) is 0 Å². The number of rotatable bonds is 7. The molecule has 0 radical (unpaired) electrons. The molecular weight excluding hydrogens is 284 g/mol. The van der Waals surface area contributed by atoms with Gasteiger partial charge in [0, 0.05) is 19.2 Å². The lowest BCUT2D eigenvalue weighted by molar-refractivity contribution is -0.116. The molecule has 0 bridgehead atoms. The smallest absolute Gasteiger partial charge is 0.407 e. The highest BCUT2D eigenvalue weighted by molar-refractivity contribution is 5.90. The Bertz CT molecular complexity index is 584. The average molecular weight is 302 g/mol. The molecule has 22 heavy (non-hydrogen) atoms. The van der Waals surface area contributed by atoms with Crippen LogP contribution in [-0.2, 0) is 16.1 Å². The lowest BCUT2D eigenvalue weighted by Crippen LogP contribution is -2.26. The van der Waals surface area contributed by atoms with Crippen LogP contribution < -0.4 is 10.6 Å². The highest BCUT2D eigenvalue weighted by Gasteiger charge is 2.05. The second-order valence-electron chi connectivity index (χ2n) is 4.63. The van der Waals surface area contributed by atoms with Gasteiger partial charge in [0.2, 0.25) is 5.91 Å². The number of H-pyrrole nitrogens is 1. The average Bonchev–Trinajstić information content (AvgIpc) is 3.03. The molecule has 0 saturated heterocycles. The van der Waals surface area contributed by atoms with E-state index >= 15 is 0 Å². The van der Waals surface area contributed by atoms with Crippen molar-refractivity contribution in [1.29, 1.82) is 0 Å². The Morgan fingerprint density at radius 3 is 2.77 bits per heavy atom. The monoisotopic (exact) mass is 302 g/mol. The number of carbonyl (C=O) groups excluding carboxylic acids is 2. The third-order valence-electron chi connectivity index (χ3n) is 2.84. The Labute approximate surface area is 128 Å². The van der Waals surface area contributed by atoms with Crippen LogP contribution in [0.15, 0.2) is 42.7 Å². The lowest BCUT2D eigenvalue weighted by atomic mass is 10.2. The molecule has 2 aromatic rings. The molecule has 0 aliphatic rings. The van der Waals surface area contributed by atoms with Gasteiger partial charge in [-0.25, -0.2) is 4.79 Å². The maximum absolute atomic E-state index is 11.6. The zero-order valence-corrected chi connectivity index (χ0v) is 12.0. The van der Waals surface area contributed by atoms with Crippen molar-refractivity contribution in [2.75, 3.05) is 11.9 Å². The molecule has 1 aromatic carbocycles. The number of hydrogen-bond acceptors (Lipinski definition) is 4. The van der Waals surface area contributed by atoms with Gasteiger partial charge in [-0.2, -0.15) is 5.10 Å². The van der Waals surface area contributed by atoms with Crippen LogP contribution in [-0.4, -0.2) is 28.7 Å². The number of aromatic amines is 1. The third kappa shape index (κ3) is 5.66. The molecule has 0 spiro atoms. The Kier molecular flexibility index (Phi) is 5.98. The second kappa shape index (κ2) is 8.46. The number of ether oxygens (including phenoxy) is 1. The highest BCUT2D eigenvalue weighted by atomic mass is 16.5. The van der Waals surface area contributed by atoms with Crippen LogP contribution in [0.1, 0.15) is 18.4 Å². The molecule has 3 N–H and O–H groups in total. The molecule has 0 aliphatic carbocycles. The quantitative estimate of drug-likeness (QED) is 0.682. The van der Waals surface area contributed by atoms with Crippen LogP contribution in [0.2, 0.25) is 0 Å². The molecule has 0 saturated carbocycles. The van der Waals surface area contributed by atoms with Crippen molar-refractivity contribution in [1.82, 2.24) is 15.5 Å². The van der Waals surface area contributed by atoms with Crippen LogP contribution in [0, 0.1) is 0 Å². The van der Waals surface area contributed by atoms with E-state index in [9.17, 15) is 9.59 Å². The molecule has 0 atom stereocenters. The fourth-order valence-corrected chi connectivity index (χ4v) is 1.76. The van der Waals surface area contributed by atoms with E-state index in [1.54, 1.807) is 6.20 Å². The largest absolute Gasteiger partial charge is 0.445 e. The Morgan fingerprint density at radius 2 is 2.05 bits per heavy atom. The third-order valence-corrected chi connectivity index (χ3v) is 2.84. The first kappa shape index (κ1) is 15.6. The van der Waals surface area contributed by atoms with E-state index in [0.29, 0.717) is 25.1 Å².